The lowest BCUT2D eigenvalue weighted by Crippen LogP contribution is -2.83. The fourth-order valence-electron chi connectivity index (χ4n) is 3.79. The molecule has 0 aliphatic carbocycles. The molecule has 1 heterocycles. The number of hydrogen-bond donors (Lipinski definition) is 1. The number of hydrogen-bond acceptors (Lipinski definition) is 1. The molecule has 2 N–H and O–H groups in total. The summed E-state index contributed by atoms with van der Waals surface area (Å²) in [5, 5.41) is 2.46. The van der Waals surface area contributed by atoms with Crippen LogP contribution in [-0.2, 0) is 11.3 Å². The molecule has 2 nitrogen and oxygen atoms in total. The molecule has 21 heavy (non-hydrogen) atoms. The van der Waals surface area contributed by atoms with Crippen molar-refractivity contribution in [2.75, 3.05) is 13.2 Å². The molecule has 2 rings (SSSR count). The molecule has 1 aromatic rings. The molecule has 0 spiro atoms. The molecule has 1 aromatic carbocycles. The Kier molecular flexibility index (Phi) is 5.45. The van der Waals surface area contributed by atoms with Gasteiger partial charge in [-0.3, -0.25) is 0 Å². The van der Waals surface area contributed by atoms with E-state index in [1.807, 2.05) is 0 Å². The summed E-state index contributed by atoms with van der Waals surface area (Å²) < 4.78 is 5.94. The van der Waals surface area contributed by atoms with Gasteiger partial charge in [-0.25, -0.2) is 0 Å². The standard InChI is InChI=1S/C19H31NO/c1-16(2)19(11-13-21-18(3,4)15-19)10-12-20-14-17-8-6-5-7-9-17/h5-9,16,20H,10-15H2,1-4H3/p+1/t19-/m1/s1. The van der Waals surface area contributed by atoms with Gasteiger partial charge in [0, 0.05) is 18.6 Å². The Morgan fingerprint density at radius 1 is 1.19 bits per heavy atom. The van der Waals surface area contributed by atoms with Gasteiger partial charge in [0.15, 0.2) is 0 Å². The van der Waals surface area contributed by atoms with Crippen LogP contribution >= 0.6 is 0 Å². The SMILES string of the molecule is CC(C)[C@]1(CC[NH2+]Cc2ccccc2)CCOC(C)(C)C1. The molecule has 0 saturated carbocycles. The third-order valence-electron chi connectivity index (χ3n) is 5.16. The molecule has 0 amide bonds. The van der Waals surface area contributed by atoms with Crippen molar-refractivity contribution >= 4 is 0 Å². The summed E-state index contributed by atoms with van der Waals surface area (Å²) in [4.78, 5) is 0. The number of ether oxygens (including phenoxy) is 1. The van der Waals surface area contributed by atoms with Crippen molar-refractivity contribution in [2.24, 2.45) is 11.3 Å². The average molecular weight is 290 g/mol. The van der Waals surface area contributed by atoms with Crippen molar-refractivity contribution in [3.05, 3.63) is 35.9 Å². The van der Waals surface area contributed by atoms with E-state index in [1.54, 1.807) is 0 Å². The first kappa shape index (κ1) is 16.5. The minimum atomic E-state index is 0.0436. The zero-order chi connectivity index (χ0) is 15.3. The first-order chi connectivity index (χ1) is 9.94. The summed E-state index contributed by atoms with van der Waals surface area (Å²) in [7, 11) is 0. The van der Waals surface area contributed by atoms with Gasteiger partial charge in [-0.1, -0.05) is 44.2 Å². The molecule has 118 valence electrons. The van der Waals surface area contributed by atoms with E-state index in [0.29, 0.717) is 5.41 Å². The summed E-state index contributed by atoms with van der Waals surface area (Å²) in [6, 6.07) is 10.8. The molecule has 1 saturated heterocycles. The zero-order valence-electron chi connectivity index (χ0n) is 14.2. The number of quaternary nitrogens is 1. The van der Waals surface area contributed by atoms with E-state index in [-0.39, 0.29) is 5.60 Å². The van der Waals surface area contributed by atoms with Gasteiger partial charge in [0.25, 0.3) is 0 Å². The Balaban J connectivity index is 1.86. The van der Waals surface area contributed by atoms with E-state index >= 15 is 0 Å². The maximum Gasteiger partial charge on any atom is 0.101 e. The normalized spacial score (nSPS) is 25.2. The lowest BCUT2D eigenvalue weighted by molar-refractivity contribution is -0.672. The minimum Gasteiger partial charge on any atom is -0.376 e. The fraction of sp³-hybridized carbons (Fsp3) is 0.684. The largest absolute Gasteiger partial charge is 0.376 e. The average Bonchev–Trinajstić information content (AvgIpc) is 2.43. The molecular formula is C19H32NO+. The Hall–Kier alpha value is -0.860. The van der Waals surface area contributed by atoms with E-state index < -0.39 is 0 Å². The van der Waals surface area contributed by atoms with Gasteiger partial charge in [-0.2, -0.15) is 0 Å². The van der Waals surface area contributed by atoms with Crippen LogP contribution in [0.25, 0.3) is 0 Å². The van der Waals surface area contributed by atoms with Crippen molar-refractivity contribution in [3.63, 3.8) is 0 Å². The van der Waals surface area contributed by atoms with E-state index in [0.717, 1.165) is 19.1 Å². The number of nitrogens with two attached hydrogens (primary N) is 1. The Bertz CT molecular complexity index is 426. The highest BCUT2D eigenvalue weighted by Gasteiger charge is 2.42. The van der Waals surface area contributed by atoms with Gasteiger partial charge in [0.05, 0.1) is 12.1 Å². The third kappa shape index (κ3) is 4.55. The Morgan fingerprint density at radius 2 is 1.90 bits per heavy atom. The highest BCUT2D eigenvalue weighted by atomic mass is 16.5. The van der Waals surface area contributed by atoms with Gasteiger partial charge in [0.2, 0.25) is 0 Å². The van der Waals surface area contributed by atoms with E-state index in [4.69, 9.17) is 4.74 Å². The molecule has 1 atom stereocenters. The first-order valence-corrected chi connectivity index (χ1v) is 8.43. The number of benzene rings is 1. The second kappa shape index (κ2) is 6.93. The van der Waals surface area contributed by atoms with Crippen LogP contribution < -0.4 is 5.32 Å². The molecule has 1 aliphatic rings. The lowest BCUT2D eigenvalue weighted by Gasteiger charge is -2.47. The van der Waals surface area contributed by atoms with E-state index in [2.05, 4.69) is 63.3 Å². The number of rotatable bonds is 6. The van der Waals surface area contributed by atoms with Gasteiger partial charge in [-0.15, -0.1) is 0 Å². The molecule has 2 heteroatoms. The van der Waals surface area contributed by atoms with Crippen molar-refractivity contribution in [2.45, 2.75) is 59.1 Å². The Labute approximate surface area is 130 Å². The first-order valence-electron chi connectivity index (χ1n) is 8.43. The molecular weight excluding hydrogens is 258 g/mol. The van der Waals surface area contributed by atoms with Crippen LogP contribution in [0.1, 0.15) is 52.5 Å². The minimum absolute atomic E-state index is 0.0436. The maximum absolute atomic E-state index is 5.94. The van der Waals surface area contributed by atoms with Crippen LogP contribution in [-0.4, -0.2) is 18.8 Å². The third-order valence-corrected chi connectivity index (χ3v) is 5.16. The molecule has 0 unspecified atom stereocenters. The quantitative estimate of drug-likeness (QED) is 0.799. The molecule has 0 aromatic heterocycles. The monoisotopic (exact) mass is 290 g/mol. The van der Waals surface area contributed by atoms with Gasteiger partial charge in [0.1, 0.15) is 6.54 Å². The fourth-order valence-corrected chi connectivity index (χ4v) is 3.79. The second-order valence-electron chi connectivity index (χ2n) is 7.57. The van der Waals surface area contributed by atoms with Crippen LogP contribution in [0.4, 0.5) is 0 Å². The summed E-state index contributed by atoms with van der Waals surface area (Å²) in [5.74, 6) is 0.728. The van der Waals surface area contributed by atoms with Crippen LogP contribution in [0.15, 0.2) is 30.3 Å². The van der Waals surface area contributed by atoms with E-state index in [9.17, 15) is 0 Å². The van der Waals surface area contributed by atoms with Crippen LogP contribution in [0.2, 0.25) is 0 Å². The van der Waals surface area contributed by atoms with Gasteiger partial charge < -0.3 is 10.1 Å². The topological polar surface area (TPSA) is 25.8 Å². The van der Waals surface area contributed by atoms with E-state index in [1.165, 1.54) is 31.4 Å². The summed E-state index contributed by atoms with van der Waals surface area (Å²) in [6.07, 6.45) is 3.70. The molecule has 1 fully saturated rings. The summed E-state index contributed by atoms with van der Waals surface area (Å²) in [5.41, 5.74) is 1.92. The second-order valence-corrected chi connectivity index (χ2v) is 7.57. The van der Waals surface area contributed by atoms with Gasteiger partial charge >= 0.3 is 0 Å². The molecule has 1 aliphatic heterocycles. The van der Waals surface area contributed by atoms with Gasteiger partial charge in [-0.05, 0) is 38.0 Å². The summed E-state index contributed by atoms with van der Waals surface area (Å²) in [6.45, 7) is 12.5. The maximum atomic E-state index is 5.94. The van der Waals surface area contributed by atoms with Crippen molar-refractivity contribution in [3.8, 4) is 0 Å². The zero-order valence-corrected chi connectivity index (χ0v) is 14.2. The molecule has 0 bridgehead atoms. The van der Waals surface area contributed by atoms with Crippen molar-refractivity contribution in [1.29, 1.82) is 0 Å². The Morgan fingerprint density at radius 3 is 2.52 bits per heavy atom. The lowest BCUT2D eigenvalue weighted by atomic mass is 9.65. The summed E-state index contributed by atoms with van der Waals surface area (Å²) >= 11 is 0. The smallest absolute Gasteiger partial charge is 0.101 e. The predicted molar refractivity (Wildman–Crippen MR) is 88.1 cm³/mol. The highest BCUT2D eigenvalue weighted by molar-refractivity contribution is 5.12. The van der Waals surface area contributed by atoms with Crippen LogP contribution in [0.3, 0.4) is 0 Å². The van der Waals surface area contributed by atoms with Crippen LogP contribution in [0, 0.1) is 11.3 Å². The predicted octanol–water partition coefficient (Wildman–Crippen LogP) is 3.37. The van der Waals surface area contributed by atoms with Crippen LogP contribution in [0.5, 0.6) is 0 Å². The highest BCUT2D eigenvalue weighted by Crippen LogP contribution is 2.46. The van der Waals surface area contributed by atoms with Crippen molar-refractivity contribution in [1.82, 2.24) is 0 Å². The van der Waals surface area contributed by atoms with Crippen molar-refractivity contribution < 1.29 is 10.1 Å². The molecule has 0 radical (unpaired) electrons.